The van der Waals surface area contributed by atoms with Gasteiger partial charge in [0.05, 0.1) is 16.9 Å². The van der Waals surface area contributed by atoms with Crippen LogP contribution in [0.5, 0.6) is 0 Å². The lowest BCUT2D eigenvalue weighted by Gasteiger charge is -2.22. The fraction of sp³-hybridized carbons (Fsp3) is 0.261. The van der Waals surface area contributed by atoms with E-state index in [0.717, 1.165) is 23.7 Å². The molecule has 1 fully saturated rings. The summed E-state index contributed by atoms with van der Waals surface area (Å²) >= 11 is 0. The van der Waals surface area contributed by atoms with E-state index in [1.54, 1.807) is 18.3 Å². The van der Waals surface area contributed by atoms with Crippen molar-refractivity contribution in [3.05, 3.63) is 41.7 Å². The largest absolute Gasteiger partial charge is 0.398 e. The molecule has 7 N–H and O–H groups in total. The summed E-state index contributed by atoms with van der Waals surface area (Å²) in [7, 11) is 0. The first-order valence-electron chi connectivity index (χ1n) is 10.7. The molecule has 0 aliphatic heterocycles. The molecule has 1 aromatic carbocycles. The fourth-order valence-electron chi connectivity index (χ4n) is 4.50. The molecular weight excluding hydrogens is 404 g/mol. The third-order valence-corrected chi connectivity index (χ3v) is 6.06. The summed E-state index contributed by atoms with van der Waals surface area (Å²) in [5, 5.41) is 12.7. The molecule has 4 aromatic rings. The number of benzene rings is 1. The van der Waals surface area contributed by atoms with Gasteiger partial charge < -0.3 is 27.2 Å². The van der Waals surface area contributed by atoms with Crippen LogP contribution in [0, 0.1) is 5.41 Å². The minimum absolute atomic E-state index is 0.114. The highest BCUT2D eigenvalue weighted by Gasteiger charge is 2.20. The van der Waals surface area contributed by atoms with Gasteiger partial charge in [0.1, 0.15) is 0 Å². The van der Waals surface area contributed by atoms with Gasteiger partial charge in [0.2, 0.25) is 5.95 Å². The van der Waals surface area contributed by atoms with Crippen molar-refractivity contribution in [1.82, 2.24) is 19.9 Å². The first-order chi connectivity index (χ1) is 15.5. The summed E-state index contributed by atoms with van der Waals surface area (Å²) in [5.41, 5.74) is 15.3. The summed E-state index contributed by atoms with van der Waals surface area (Å²) in [6, 6.07) is 7.51. The van der Waals surface area contributed by atoms with Crippen molar-refractivity contribution >= 4 is 45.6 Å². The maximum Gasteiger partial charge on any atom is 0.269 e. The van der Waals surface area contributed by atoms with Crippen molar-refractivity contribution in [1.29, 1.82) is 5.41 Å². The molecule has 3 aromatic heterocycles. The lowest BCUT2D eigenvalue weighted by atomic mass is 9.96. The number of nitrogens with one attached hydrogen (secondary N) is 3. The van der Waals surface area contributed by atoms with Gasteiger partial charge >= 0.3 is 0 Å². The Labute approximate surface area is 184 Å². The molecule has 0 radical (unpaired) electrons. The maximum absolute atomic E-state index is 12.3. The number of aromatic nitrogens is 4. The number of carbonyl (C=O) groups is 1. The van der Waals surface area contributed by atoms with E-state index < -0.39 is 5.91 Å². The Morgan fingerprint density at radius 3 is 2.72 bits per heavy atom. The lowest BCUT2D eigenvalue weighted by molar-refractivity contribution is 0.0997. The number of carbonyl (C=O) groups excluding carboxylic acids is 1. The molecule has 162 valence electrons. The van der Waals surface area contributed by atoms with Crippen LogP contribution in [0.1, 0.15) is 48.2 Å². The Morgan fingerprint density at radius 2 is 1.97 bits per heavy atom. The molecule has 1 aliphatic carbocycles. The molecule has 3 heterocycles. The smallest absolute Gasteiger partial charge is 0.269 e. The normalized spacial score (nSPS) is 14.6. The number of pyridine rings is 1. The Balaban J connectivity index is 1.67. The minimum Gasteiger partial charge on any atom is -0.398 e. The Bertz CT molecular complexity index is 1350. The molecule has 9 heteroatoms. The molecule has 0 saturated heterocycles. The number of hydrogen-bond acceptors (Lipinski definition) is 7. The predicted molar refractivity (Wildman–Crippen MR) is 126 cm³/mol. The highest BCUT2D eigenvalue weighted by molar-refractivity contribution is 6.20. The molecule has 0 bridgehead atoms. The summed E-state index contributed by atoms with van der Waals surface area (Å²) in [6.07, 6.45) is 8.78. The number of primary amides is 1. The highest BCUT2D eigenvalue weighted by Crippen LogP contribution is 2.34. The van der Waals surface area contributed by atoms with Crippen molar-refractivity contribution in [2.24, 2.45) is 5.73 Å². The quantitative estimate of drug-likeness (QED) is 0.241. The number of fused-ring (bicyclic) bond motifs is 3. The summed E-state index contributed by atoms with van der Waals surface area (Å²) in [6.45, 7) is 0. The van der Waals surface area contributed by atoms with E-state index in [1.165, 1.54) is 25.5 Å². The van der Waals surface area contributed by atoms with Gasteiger partial charge in [0, 0.05) is 46.0 Å². The van der Waals surface area contributed by atoms with Gasteiger partial charge in [0.25, 0.3) is 5.91 Å². The van der Waals surface area contributed by atoms with E-state index in [-0.39, 0.29) is 5.69 Å². The molecule has 32 heavy (non-hydrogen) atoms. The third kappa shape index (κ3) is 3.41. The van der Waals surface area contributed by atoms with Gasteiger partial charge in [-0.15, -0.1) is 0 Å². The van der Waals surface area contributed by atoms with Crippen LogP contribution in [0.15, 0.2) is 30.5 Å². The van der Waals surface area contributed by atoms with Gasteiger partial charge in [-0.1, -0.05) is 19.3 Å². The average molecular weight is 429 g/mol. The number of rotatable bonds is 5. The number of nitrogen functional groups attached to an aromatic ring is 1. The van der Waals surface area contributed by atoms with Gasteiger partial charge in [-0.2, -0.15) is 0 Å². The predicted octanol–water partition coefficient (Wildman–Crippen LogP) is 3.60. The third-order valence-electron chi connectivity index (χ3n) is 6.06. The van der Waals surface area contributed by atoms with Crippen molar-refractivity contribution in [3.8, 4) is 11.4 Å². The van der Waals surface area contributed by atoms with Crippen LogP contribution in [0.25, 0.3) is 33.2 Å². The zero-order chi connectivity index (χ0) is 22.2. The SMILES string of the molecule is N=Cc1c(N)ccc2[nH]c3c(C(N)=O)nc(-c4ccnc(NC5CCCCC5)n4)cc3c12. The standard InChI is InChI=1S/C23H24N8O/c24-11-14-15(25)6-7-17-19(14)13-10-18(30-21(22(26)32)20(13)29-17)16-8-9-27-23(31-16)28-12-4-2-1-3-5-12/h6-12,24,29H,1-5,25H2,(H2,26,32)(H,27,28,31). The first-order valence-corrected chi connectivity index (χ1v) is 10.7. The van der Waals surface area contributed by atoms with E-state index >= 15 is 0 Å². The van der Waals surface area contributed by atoms with Crippen LogP contribution in [-0.2, 0) is 0 Å². The van der Waals surface area contributed by atoms with Crippen LogP contribution in [-0.4, -0.2) is 38.1 Å². The second-order valence-corrected chi connectivity index (χ2v) is 8.15. The first kappa shape index (κ1) is 19.9. The second kappa shape index (κ2) is 7.92. The van der Waals surface area contributed by atoms with Crippen LogP contribution < -0.4 is 16.8 Å². The Kier molecular flexibility index (Phi) is 4.93. The highest BCUT2D eigenvalue weighted by atomic mass is 16.1. The Hall–Kier alpha value is -4.01. The van der Waals surface area contributed by atoms with Gasteiger partial charge in [0.15, 0.2) is 5.69 Å². The molecule has 0 spiro atoms. The molecule has 0 atom stereocenters. The van der Waals surface area contributed by atoms with Crippen molar-refractivity contribution in [2.45, 2.75) is 38.1 Å². The molecule has 0 unspecified atom stereocenters. The number of aromatic amines is 1. The number of hydrogen-bond donors (Lipinski definition) is 5. The minimum atomic E-state index is -0.651. The summed E-state index contributed by atoms with van der Waals surface area (Å²) in [4.78, 5) is 29.0. The van der Waals surface area contributed by atoms with Crippen LogP contribution >= 0.6 is 0 Å². The van der Waals surface area contributed by atoms with E-state index in [1.807, 2.05) is 12.1 Å². The molecule has 1 saturated carbocycles. The van der Waals surface area contributed by atoms with Crippen molar-refractivity contribution in [3.63, 3.8) is 0 Å². The van der Waals surface area contributed by atoms with Crippen LogP contribution in [0.3, 0.4) is 0 Å². The molecular formula is C23H24N8O. The molecule has 1 aliphatic rings. The number of nitrogens with two attached hydrogens (primary N) is 2. The summed E-state index contributed by atoms with van der Waals surface area (Å²) < 4.78 is 0. The zero-order valence-electron chi connectivity index (χ0n) is 17.5. The molecule has 5 rings (SSSR count). The molecule has 1 amide bonds. The van der Waals surface area contributed by atoms with Crippen molar-refractivity contribution in [2.75, 3.05) is 11.1 Å². The van der Waals surface area contributed by atoms with Gasteiger partial charge in [-0.05, 0) is 37.1 Å². The number of nitrogens with zero attached hydrogens (tertiary/aromatic N) is 3. The second-order valence-electron chi connectivity index (χ2n) is 8.15. The fourth-order valence-corrected chi connectivity index (χ4v) is 4.50. The van der Waals surface area contributed by atoms with E-state index in [0.29, 0.717) is 45.5 Å². The van der Waals surface area contributed by atoms with E-state index in [9.17, 15) is 4.79 Å². The van der Waals surface area contributed by atoms with E-state index in [2.05, 4.69) is 25.3 Å². The zero-order valence-corrected chi connectivity index (χ0v) is 17.5. The molecule has 9 nitrogen and oxygen atoms in total. The monoisotopic (exact) mass is 428 g/mol. The average Bonchev–Trinajstić information content (AvgIpc) is 3.18. The number of amides is 1. The lowest BCUT2D eigenvalue weighted by Crippen LogP contribution is -2.23. The van der Waals surface area contributed by atoms with Crippen LogP contribution in [0.2, 0.25) is 0 Å². The Morgan fingerprint density at radius 1 is 1.16 bits per heavy atom. The summed E-state index contributed by atoms with van der Waals surface area (Å²) in [5.74, 6) is -0.109. The topological polar surface area (TPSA) is 159 Å². The van der Waals surface area contributed by atoms with Crippen molar-refractivity contribution < 1.29 is 4.79 Å². The number of H-pyrrole nitrogens is 1. The number of anilines is 2. The van der Waals surface area contributed by atoms with Gasteiger partial charge in [-0.3, -0.25) is 4.79 Å². The van der Waals surface area contributed by atoms with Crippen LogP contribution in [0.4, 0.5) is 11.6 Å². The maximum atomic E-state index is 12.3. The van der Waals surface area contributed by atoms with Gasteiger partial charge in [-0.25, -0.2) is 15.0 Å². The van der Waals surface area contributed by atoms with E-state index in [4.69, 9.17) is 16.9 Å².